The highest BCUT2D eigenvalue weighted by molar-refractivity contribution is 7.98. The van der Waals surface area contributed by atoms with Crippen LogP contribution in [0.2, 0.25) is 10.0 Å². The van der Waals surface area contributed by atoms with Crippen molar-refractivity contribution in [3.05, 3.63) is 58.3 Å². The first kappa shape index (κ1) is 19.3. The molecule has 0 amide bonds. The first-order valence-electron chi connectivity index (χ1n) is 8.31. The average Bonchev–Trinajstić information content (AvgIpc) is 3.08. The van der Waals surface area contributed by atoms with Crippen LogP contribution in [0.1, 0.15) is 5.82 Å². The molecule has 142 valence electrons. The summed E-state index contributed by atoms with van der Waals surface area (Å²) in [5.74, 6) is 1.33. The number of thiazole rings is 1. The molecular weight excluding hydrogens is 433 g/mol. The van der Waals surface area contributed by atoms with Crippen molar-refractivity contribution in [1.82, 2.24) is 15.0 Å². The van der Waals surface area contributed by atoms with Crippen LogP contribution in [0.4, 0.5) is 22.3 Å². The molecule has 0 aliphatic rings. The van der Waals surface area contributed by atoms with Crippen LogP contribution in [0.5, 0.6) is 0 Å². The predicted octanol–water partition coefficient (Wildman–Crippen LogP) is 6.91. The lowest BCUT2D eigenvalue weighted by atomic mass is 10.3. The highest BCUT2D eigenvalue weighted by Crippen LogP contribution is 2.36. The molecule has 28 heavy (non-hydrogen) atoms. The van der Waals surface area contributed by atoms with Crippen LogP contribution in [0, 0.1) is 6.92 Å². The number of hydrogen-bond donors (Lipinski definition) is 2. The zero-order valence-electron chi connectivity index (χ0n) is 15.0. The Morgan fingerprint density at radius 3 is 2.32 bits per heavy atom. The number of para-hydroxylation sites is 1. The lowest BCUT2D eigenvalue weighted by Crippen LogP contribution is -1.98. The van der Waals surface area contributed by atoms with E-state index in [0.29, 0.717) is 38.0 Å². The number of benzene rings is 2. The summed E-state index contributed by atoms with van der Waals surface area (Å²) < 4.78 is 0. The topological polar surface area (TPSA) is 62.7 Å². The third-order valence-corrected chi connectivity index (χ3v) is 6.16. The lowest BCUT2D eigenvalue weighted by Gasteiger charge is -2.07. The van der Waals surface area contributed by atoms with Gasteiger partial charge in [-0.2, -0.15) is 0 Å². The second-order valence-corrected chi connectivity index (χ2v) is 8.54. The number of rotatable bonds is 5. The standard InChI is InChI=1S/C19H15Cl2N5S2/c1-10-22-17(24-11-6-8-12(27-2)9-7-11)16-18(23-10)28-19(26-16)25-15-13(20)4-3-5-14(15)21/h3-9H,1-2H3,(H,25,26)(H,22,23,24). The van der Waals surface area contributed by atoms with Gasteiger partial charge in [-0.05, 0) is 49.6 Å². The summed E-state index contributed by atoms with van der Waals surface area (Å²) in [4.78, 5) is 15.7. The van der Waals surface area contributed by atoms with Crippen LogP contribution in [0.15, 0.2) is 47.4 Å². The van der Waals surface area contributed by atoms with E-state index < -0.39 is 0 Å². The van der Waals surface area contributed by atoms with Crippen LogP contribution in [0.3, 0.4) is 0 Å². The van der Waals surface area contributed by atoms with Gasteiger partial charge in [0.1, 0.15) is 11.3 Å². The Bertz CT molecular complexity index is 1120. The number of nitrogens with zero attached hydrogens (tertiary/aromatic N) is 3. The molecule has 0 bridgehead atoms. The van der Waals surface area contributed by atoms with Crippen LogP contribution < -0.4 is 10.6 Å². The van der Waals surface area contributed by atoms with Gasteiger partial charge < -0.3 is 10.6 Å². The molecule has 4 rings (SSSR count). The van der Waals surface area contributed by atoms with Crippen molar-refractivity contribution in [2.45, 2.75) is 11.8 Å². The minimum absolute atomic E-state index is 0.529. The van der Waals surface area contributed by atoms with E-state index in [9.17, 15) is 0 Å². The molecule has 2 aromatic carbocycles. The second-order valence-electron chi connectivity index (χ2n) is 5.87. The van der Waals surface area contributed by atoms with Crippen molar-refractivity contribution >= 4 is 79.0 Å². The Hall–Kier alpha value is -2.06. The molecule has 0 radical (unpaired) electrons. The molecule has 0 fully saturated rings. The van der Waals surface area contributed by atoms with E-state index in [4.69, 9.17) is 23.2 Å². The molecule has 0 unspecified atom stereocenters. The fourth-order valence-electron chi connectivity index (χ4n) is 2.60. The molecule has 2 N–H and O–H groups in total. The maximum Gasteiger partial charge on any atom is 0.190 e. The van der Waals surface area contributed by atoms with Crippen LogP contribution in [-0.4, -0.2) is 21.2 Å². The van der Waals surface area contributed by atoms with Crippen LogP contribution >= 0.6 is 46.3 Å². The van der Waals surface area contributed by atoms with Gasteiger partial charge in [-0.3, -0.25) is 0 Å². The summed E-state index contributed by atoms with van der Waals surface area (Å²) in [7, 11) is 0. The molecule has 0 spiro atoms. The maximum atomic E-state index is 6.25. The number of nitrogens with one attached hydrogen (secondary N) is 2. The van der Waals surface area contributed by atoms with Crippen molar-refractivity contribution in [3.63, 3.8) is 0 Å². The number of fused-ring (bicyclic) bond motifs is 1. The molecule has 2 aromatic heterocycles. The third kappa shape index (κ3) is 4.03. The van der Waals surface area contributed by atoms with Crippen molar-refractivity contribution < 1.29 is 0 Å². The highest BCUT2D eigenvalue weighted by Gasteiger charge is 2.15. The van der Waals surface area contributed by atoms with Gasteiger partial charge in [-0.15, -0.1) is 11.8 Å². The van der Waals surface area contributed by atoms with E-state index in [1.165, 1.54) is 16.2 Å². The van der Waals surface area contributed by atoms with Crippen molar-refractivity contribution in [2.75, 3.05) is 16.9 Å². The zero-order chi connectivity index (χ0) is 19.7. The summed E-state index contributed by atoms with van der Waals surface area (Å²) in [5, 5.41) is 8.25. The minimum atomic E-state index is 0.529. The molecule has 2 heterocycles. The fourth-order valence-corrected chi connectivity index (χ4v) is 4.39. The van der Waals surface area contributed by atoms with E-state index in [2.05, 4.69) is 44.0 Å². The molecule has 0 aliphatic heterocycles. The highest BCUT2D eigenvalue weighted by atomic mass is 35.5. The van der Waals surface area contributed by atoms with E-state index in [-0.39, 0.29) is 0 Å². The maximum absolute atomic E-state index is 6.25. The Labute approximate surface area is 180 Å². The Morgan fingerprint density at radius 2 is 1.64 bits per heavy atom. The third-order valence-electron chi connectivity index (χ3n) is 3.92. The molecular formula is C19H15Cl2N5S2. The number of halogens is 2. The Kier molecular flexibility index (Phi) is 5.59. The van der Waals surface area contributed by atoms with Gasteiger partial charge in [0.2, 0.25) is 0 Å². The van der Waals surface area contributed by atoms with Crippen molar-refractivity contribution in [2.24, 2.45) is 0 Å². The van der Waals surface area contributed by atoms with Gasteiger partial charge in [-0.25, -0.2) is 15.0 Å². The monoisotopic (exact) mass is 447 g/mol. The summed E-state index contributed by atoms with van der Waals surface area (Å²) in [6.45, 7) is 1.86. The molecule has 0 aliphatic carbocycles. The SMILES string of the molecule is CSc1ccc(Nc2nc(C)nc3sc(Nc4c(Cl)cccc4Cl)nc23)cc1. The minimum Gasteiger partial charge on any atom is -0.338 e. The summed E-state index contributed by atoms with van der Waals surface area (Å²) >= 11 is 15.6. The smallest absolute Gasteiger partial charge is 0.190 e. The largest absolute Gasteiger partial charge is 0.338 e. The summed E-state index contributed by atoms with van der Waals surface area (Å²) in [6.07, 6.45) is 2.05. The van der Waals surface area contributed by atoms with Gasteiger partial charge in [0, 0.05) is 10.6 Å². The first-order chi connectivity index (χ1) is 13.5. The fraction of sp³-hybridized carbons (Fsp3) is 0.105. The van der Waals surface area contributed by atoms with Gasteiger partial charge in [0.05, 0.1) is 15.7 Å². The number of hydrogen-bond acceptors (Lipinski definition) is 7. The van der Waals surface area contributed by atoms with Crippen LogP contribution in [0.25, 0.3) is 10.3 Å². The molecule has 0 saturated heterocycles. The van der Waals surface area contributed by atoms with Gasteiger partial charge in [0.25, 0.3) is 0 Å². The molecule has 5 nitrogen and oxygen atoms in total. The quantitative estimate of drug-likeness (QED) is 0.324. The molecule has 9 heteroatoms. The second kappa shape index (κ2) is 8.13. The number of thioether (sulfide) groups is 1. The molecule has 4 aromatic rings. The average molecular weight is 448 g/mol. The predicted molar refractivity (Wildman–Crippen MR) is 121 cm³/mol. The van der Waals surface area contributed by atoms with E-state index >= 15 is 0 Å². The van der Waals surface area contributed by atoms with E-state index in [0.717, 1.165) is 10.5 Å². The normalized spacial score (nSPS) is 11.0. The van der Waals surface area contributed by atoms with Gasteiger partial charge >= 0.3 is 0 Å². The molecule has 0 saturated carbocycles. The zero-order valence-corrected chi connectivity index (χ0v) is 18.1. The number of anilines is 4. The van der Waals surface area contributed by atoms with Crippen molar-refractivity contribution in [3.8, 4) is 0 Å². The van der Waals surface area contributed by atoms with E-state index in [1.807, 2.05) is 19.1 Å². The lowest BCUT2D eigenvalue weighted by molar-refractivity contribution is 1.09. The summed E-state index contributed by atoms with van der Waals surface area (Å²) in [5.41, 5.74) is 2.25. The number of aryl methyl sites for hydroxylation is 1. The first-order valence-corrected chi connectivity index (χ1v) is 11.1. The van der Waals surface area contributed by atoms with Gasteiger partial charge in [-0.1, -0.05) is 40.6 Å². The number of aromatic nitrogens is 3. The van der Waals surface area contributed by atoms with E-state index in [1.54, 1.807) is 30.0 Å². The van der Waals surface area contributed by atoms with Crippen molar-refractivity contribution in [1.29, 1.82) is 0 Å². The Morgan fingerprint density at radius 1 is 0.929 bits per heavy atom. The van der Waals surface area contributed by atoms with Crippen LogP contribution in [-0.2, 0) is 0 Å². The summed E-state index contributed by atoms with van der Waals surface area (Å²) in [6, 6.07) is 13.5. The molecule has 0 atom stereocenters. The Balaban J connectivity index is 1.69. The van der Waals surface area contributed by atoms with Gasteiger partial charge in [0.15, 0.2) is 15.8 Å².